The van der Waals surface area contributed by atoms with E-state index in [0.717, 1.165) is 30.6 Å². The number of aromatic hydroxyl groups is 1. The number of likely N-dealkylation sites (tertiary alicyclic amines) is 1. The number of fused-ring (bicyclic) bond motifs is 1. The molecule has 1 saturated heterocycles. The zero-order valence-electron chi connectivity index (χ0n) is 24.6. The van der Waals surface area contributed by atoms with Gasteiger partial charge in [-0.25, -0.2) is 0 Å². The van der Waals surface area contributed by atoms with E-state index in [2.05, 4.69) is 18.1 Å². The normalized spacial score (nSPS) is 26.6. The van der Waals surface area contributed by atoms with Gasteiger partial charge in [0.2, 0.25) is 5.91 Å². The second-order valence-corrected chi connectivity index (χ2v) is 12.4. The Morgan fingerprint density at radius 1 is 1.10 bits per heavy atom. The van der Waals surface area contributed by atoms with Crippen LogP contribution in [-0.2, 0) is 17.8 Å². The lowest BCUT2D eigenvalue weighted by molar-refractivity contribution is -0.170. The summed E-state index contributed by atoms with van der Waals surface area (Å²) in [6.45, 7) is 9.70. The fraction of sp³-hybridized carbons (Fsp3) is 0.514. The molecule has 2 aliphatic carbocycles. The van der Waals surface area contributed by atoms with Crippen LogP contribution in [0.4, 0.5) is 0 Å². The Morgan fingerprint density at radius 2 is 1.88 bits per heavy atom. The third kappa shape index (κ3) is 6.91. The van der Waals surface area contributed by atoms with Crippen LogP contribution in [0.5, 0.6) is 11.5 Å². The Morgan fingerprint density at radius 3 is 2.57 bits per heavy atom. The van der Waals surface area contributed by atoms with Gasteiger partial charge in [-0.3, -0.25) is 9.69 Å². The first kappa shape index (κ1) is 30.3. The van der Waals surface area contributed by atoms with E-state index in [1.54, 1.807) is 23.1 Å². The Kier molecular flexibility index (Phi) is 9.71. The van der Waals surface area contributed by atoms with E-state index < -0.39 is 11.8 Å². The van der Waals surface area contributed by atoms with Gasteiger partial charge in [0.1, 0.15) is 12.8 Å². The van der Waals surface area contributed by atoms with Crippen LogP contribution in [0.3, 0.4) is 0 Å². The molecule has 0 radical (unpaired) electrons. The van der Waals surface area contributed by atoms with E-state index in [1.807, 2.05) is 42.5 Å². The van der Waals surface area contributed by atoms with Crippen LogP contribution in [-0.4, -0.2) is 68.0 Å². The lowest BCUT2D eigenvalue weighted by Gasteiger charge is -2.56. The zero-order chi connectivity index (χ0) is 29.7. The molecule has 7 heteroatoms. The van der Waals surface area contributed by atoms with Crippen LogP contribution in [0.2, 0.25) is 0 Å². The number of rotatable bonds is 13. The molecule has 42 heavy (non-hydrogen) atoms. The molecule has 7 nitrogen and oxygen atoms in total. The second-order valence-electron chi connectivity index (χ2n) is 12.4. The number of aliphatic hydroxyl groups excluding tert-OH is 1. The number of amides is 1. The Labute approximate surface area is 250 Å². The predicted octanol–water partition coefficient (Wildman–Crippen LogP) is 5.20. The van der Waals surface area contributed by atoms with Crippen LogP contribution in [0.15, 0.2) is 73.8 Å². The molecule has 1 amide bonds. The van der Waals surface area contributed by atoms with Crippen molar-refractivity contribution < 1.29 is 24.9 Å². The lowest BCUT2D eigenvalue weighted by Crippen LogP contribution is -2.66. The standard InChI is InChI=1S/C35H46N2O5/c1-3-8-33(39)37(34(40)9-4-2)29-16-18-35(41)28(22-29)17-19-36(23-25-12-13-25)32(35)21-27-14-15-31(30(38)20-27)42-24-26-10-6-5-7-11-26/h3-7,10-11,14-15,20,25,28-29,32-33,38-39,41H,1-2,8-9,12-13,16-19,21-24H2. The molecule has 2 aromatic rings. The summed E-state index contributed by atoms with van der Waals surface area (Å²) in [5.74, 6) is 1.11. The van der Waals surface area contributed by atoms with Crippen molar-refractivity contribution in [2.75, 3.05) is 13.1 Å². The summed E-state index contributed by atoms with van der Waals surface area (Å²) in [7, 11) is 0. The van der Waals surface area contributed by atoms with E-state index in [1.165, 1.54) is 12.8 Å². The molecule has 0 aromatic heterocycles. The molecule has 1 heterocycles. The average molecular weight is 575 g/mol. The van der Waals surface area contributed by atoms with E-state index in [-0.39, 0.29) is 36.1 Å². The van der Waals surface area contributed by atoms with Gasteiger partial charge in [0.15, 0.2) is 11.5 Å². The van der Waals surface area contributed by atoms with Crippen molar-refractivity contribution in [3.05, 3.63) is 85.0 Å². The maximum absolute atomic E-state index is 13.0. The summed E-state index contributed by atoms with van der Waals surface area (Å²) >= 11 is 0. The monoisotopic (exact) mass is 574 g/mol. The second kappa shape index (κ2) is 13.4. The van der Waals surface area contributed by atoms with Crippen LogP contribution in [0, 0.1) is 11.8 Å². The fourth-order valence-corrected chi connectivity index (χ4v) is 7.14. The van der Waals surface area contributed by atoms with Crippen molar-refractivity contribution >= 4 is 5.91 Å². The van der Waals surface area contributed by atoms with Gasteiger partial charge in [-0.15, -0.1) is 13.2 Å². The summed E-state index contributed by atoms with van der Waals surface area (Å²) in [5.41, 5.74) is 1.08. The molecule has 0 spiro atoms. The first-order valence-electron chi connectivity index (χ1n) is 15.5. The lowest BCUT2D eigenvalue weighted by atomic mass is 9.64. The zero-order valence-corrected chi connectivity index (χ0v) is 24.6. The van der Waals surface area contributed by atoms with E-state index in [0.29, 0.717) is 50.4 Å². The van der Waals surface area contributed by atoms with Gasteiger partial charge in [0.25, 0.3) is 0 Å². The van der Waals surface area contributed by atoms with Gasteiger partial charge in [0.05, 0.1) is 5.60 Å². The van der Waals surface area contributed by atoms with Crippen molar-refractivity contribution in [3.8, 4) is 11.5 Å². The molecule has 3 fully saturated rings. The highest BCUT2D eigenvalue weighted by Gasteiger charge is 2.53. The van der Waals surface area contributed by atoms with Crippen molar-refractivity contribution in [1.29, 1.82) is 0 Å². The van der Waals surface area contributed by atoms with Gasteiger partial charge in [-0.2, -0.15) is 0 Å². The highest BCUT2D eigenvalue weighted by Crippen LogP contribution is 2.47. The number of carbonyl (C=O) groups excluding carboxylic acids is 1. The van der Waals surface area contributed by atoms with E-state index in [4.69, 9.17) is 4.74 Å². The number of hydrogen-bond donors (Lipinski definition) is 3. The van der Waals surface area contributed by atoms with Gasteiger partial charge in [-0.05, 0) is 86.6 Å². The molecular formula is C35H46N2O5. The topological polar surface area (TPSA) is 93.5 Å². The third-order valence-corrected chi connectivity index (χ3v) is 9.50. The number of hydrogen-bond acceptors (Lipinski definition) is 6. The van der Waals surface area contributed by atoms with E-state index in [9.17, 15) is 20.1 Å². The molecule has 226 valence electrons. The summed E-state index contributed by atoms with van der Waals surface area (Å²) in [4.78, 5) is 17.1. The smallest absolute Gasteiger partial charge is 0.228 e. The highest BCUT2D eigenvalue weighted by atomic mass is 16.5. The summed E-state index contributed by atoms with van der Waals surface area (Å²) in [5, 5.41) is 34.1. The van der Waals surface area contributed by atoms with Crippen molar-refractivity contribution in [2.45, 2.75) is 88.3 Å². The van der Waals surface area contributed by atoms with Gasteiger partial charge >= 0.3 is 0 Å². The fourth-order valence-electron chi connectivity index (χ4n) is 7.14. The summed E-state index contributed by atoms with van der Waals surface area (Å²) in [6.07, 6.45) is 8.54. The third-order valence-electron chi connectivity index (χ3n) is 9.50. The largest absolute Gasteiger partial charge is 0.504 e. The van der Waals surface area contributed by atoms with Crippen LogP contribution in [0.1, 0.15) is 62.5 Å². The quantitative estimate of drug-likeness (QED) is 0.225. The van der Waals surface area contributed by atoms with Crippen molar-refractivity contribution in [2.24, 2.45) is 11.8 Å². The predicted molar refractivity (Wildman–Crippen MR) is 164 cm³/mol. The number of piperidine rings is 1. The molecular weight excluding hydrogens is 528 g/mol. The van der Waals surface area contributed by atoms with Crippen LogP contribution >= 0.6 is 0 Å². The summed E-state index contributed by atoms with van der Waals surface area (Å²) in [6, 6.07) is 15.2. The average Bonchev–Trinajstić information content (AvgIpc) is 3.79. The maximum atomic E-state index is 13.0. The molecule has 5 atom stereocenters. The van der Waals surface area contributed by atoms with Crippen LogP contribution < -0.4 is 4.74 Å². The number of phenolic OH excluding ortho intramolecular Hbond substituents is 1. The van der Waals surface area contributed by atoms with E-state index >= 15 is 0 Å². The first-order chi connectivity index (χ1) is 20.3. The first-order valence-corrected chi connectivity index (χ1v) is 15.5. The molecule has 0 bridgehead atoms. The number of carbonyl (C=O) groups is 1. The molecule has 2 aromatic carbocycles. The van der Waals surface area contributed by atoms with Crippen LogP contribution in [0.25, 0.3) is 0 Å². The molecule has 2 saturated carbocycles. The number of ether oxygens (including phenoxy) is 1. The Hall–Kier alpha value is -3.13. The molecule has 3 aliphatic rings. The Bertz CT molecular complexity index is 1230. The molecule has 5 rings (SSSR count). The number of benzene rings is 2. The number of aliphatic hydroxyl groups is 2. The molecule has 5 unspecified atom stereocenters. The van der Waals surface area contributed by atoms with Crippen molar-refractivity contribution in [1.82, 2.24) is 9.80 Å². The Balaban J connectivity index is 1.33. The van der Waals surface area contributed by atoms with Gasteiger partial charge in [-0.1, -0.05) is 48.6 Å². The number of phenols is 1. The van der Waals surface area contributed by atoms with Crippen molar-refractivity contribution in [3.63, 3.8) is 0 Å². The minimum Gasteiger partial charge on any atom is -0.504 e. The maximum Gasteiger partial charge on any atom is 0.228 e. The summed E-state index contributed by atoms with van der Waals surface area (Å²) < 4.78 is 5.89. The minimum absolute atomic E-state index is 0.00809. The SMILES string of the molecule is C=CCC(=O)N(C(O)CC=C)C1CCC2(O)C(CCN(CC3CC3)C2Cc2ccc(OCc3ccccc3)c(O)c2)C1. The highest BCUT2D eigenvalue weighted by molar-refractivity contribution is 5.78. The number of nitrogens with zero attached hydrogens (tertiary/aromatic N) is 2. The molecule has 3 N–H and O–H groups in total. The van der Waals surface area contributed by atoms with Gasteiger partial charge in [0, 0.05) is 31.5 Å². The minimum atomic E-state index is -0.928. The molecule has 1 aliphatic heterocycles. The van der Waals surface area contributed by atoms with Gasteiger partial charge < -0.3 is 25.0 Å².